The second kappa shape index (κ2) is 5.16. The van der Waals surface area contributed by atoms with Gasteiger partial charge in [-0.05, 0) is 12.1 Å². The van der Waals surface area contributed by atoms with Crippen molar-refractivity contribution in [3.8, 4) is 5.88 Å². The van der Waals surface area contributed by atoms with E-state index in [0.29, 0.717) is 24.5 Å². The van der Waals surface area contributed by atoms with Crippen LogP contribution in [-0.2, 0) is 0 Å². The molecule has 3 rings (SSSR count). The summed E-state index contributed by atoms with van der Waals surface area (Å²) in [5.41, 5.74) is 0.252. The van der Waals surface area contributed by atoms with Crippen LogP contribution in [0.2, 0.25) is 0 Å². The highest BCUT2D eigenvalue weighted by Crippen LogP contribution is 2.17. The van der Waals surface area contributed by atoms with Crippen LogP contribution in [0, 0.1) is 0 Å². The highest BCUT2D eigenvalue weighted by atomic mass is 16.5. The number of nitrogens with one attached hydrogen (secondary N) is 1. The van der Waals surface area contributed by atoms with E-state index in [4.69, 9.17) is 4.74 Å². The maximum Gasteiger partial charge on any atom is 0.255 e. The van der Waals surface area contributed by atoms with Gasteiger partial charge < -0.3 is 14.6 Å². The van der Waals surface area contributed by atoms with Crippen LogP contribution < -0.4 is 10.3 Å². The SMILES string of the molecule is O=C(c1ccc(=O)[nH]c1)N1CC(Oc2ccccn2)C1. The van der Waals surface area contributed by atoms with Crippen LogP contribution >= 0.6 is 0 Å². The number of rotatable bonds is 3. The van der Waals surface area contributed by atoms with Crippen molar-refractivity contribution in [2.75, 3.05) is 13.1 Å². The monoisotopic (exact) mass is 271 g/mol. The van der Waals surface area contributed by atoms with Crippen molar-refractivity contribution in [3.05, 3.63) is 58.6 Å². The van der Waals surface area contributed by atoms with Crippen molar-refractivity contribution < 1.29 is 9.53 Å². The van der Waals surface area contributed by atoms with Gasteiger partial charge >= 0.3 is 0 Å². The van der Waals surface area contributed by atoms with Crippen LogP contribution in [0.25, 0.3) is 0 Å². The summed E-state index contributed by atoms with van der Waals surface area (Å²) in [7, 11) is 0. The predicted octanol–water partition coefficient (Wildman–Crippen LogP) is 0.673. The van der Waals surface area contributed by atoms with Gasteiger partial charge in [-0.25, -0.2) is 4.98 Å². The number of hydrogen-bond acceptors (Lipinski definition) is 4. The van der Waals surface area contributed by atoms with Gasteiger partial charge in [-0.2, -0.15) is 0 Å². The minimum Gasteiger partial charge on any atom is -0.471 e. The quantitative estimate of drug-likeness (QED) is 0.890. The number of ether oxygens (including phenoxy) is 1. The largest absolute Gasteiger partial charge is 0.471 e. The van der Waals surface area contributed by atoms with Gasteiger partial charge in [0.1, 0.15) is 6.10 Å². The molecule has 1 aliphatic rings. The van der Waals surface area contributed by atoms with Crippen molar-refractivity contribution in [2.45, 2.75) is 6.10 Å². The van der Waals surface area contributed by atoms with Crippen molar-refractivity contribution in [3.63, 3.8) is 0 Å². The van der Waals surface area contributed by atoms with E-state index in [-0.39, 0.29) is 17.6 Å². The number of likely N-dealkylation sites (tertiary alicyclic amines) is 1. The van der Waals surface area contributed by atoms with Crippen LogP contribution in [-0.4, -0.2) is 40.0 Å². The standard InChI is InChI=1S/C14H13N3O3/c18-12-5-4-10(7-16-12)14(19)17-8-11(9-17)20-13-3-1-2-6-15-13/h1-7,11H,8-9H2,(H,16,18). The fourth-order valence-electron chi connectivity index (χ4n) is 1.99. The first-order chi connectivity index (χ1) is 9.72. The van der Waals surface area contributed by atoms with E-state index in [0.717, 1.165) is 0 Å². The van der Waals surface area contributed by atoms with E-state index < -0.39 is 0 Å². The number of H-pyrrole nitrogens is 1. The molecule has 0 bridgehead atoms. The molecule has 6 heteroatoms. The molecule has 1 fully saturated rings. The van der Waals surface area contributed by atoms with Crippen molar-refractivity contribution in [1.82, 2.24) is 14.9 Å². The lowest BCUT2D eigenvalue weighted by Gasteiger charge is -2.38. The summed E-state index contributed by atoms with van der Waals surface area (Å²) in [6, 6.07) is 8.32. The minimum atomic E-state index is -0.221. The topological polar surface area (TPSA) is 75.3 Å². The first-order valence-electron chi connectivity index (χ1n) is 6.28. The van der Waals surface area contributed by atoms with E-state index in [2.05, 4.69) is 9.97 Å². The number of carbonyl (C=O) groups is 1. The number of aromatic nitrogens is 2. The van der Waals surface area contributed by atoms with Gasteiger partial charge in [0.15, 0.2) is 0 Å². The molecule has 1 aliphatic heterocycles. The van der Waals surface area contributed by atoms with Crippen LogP contribution in [0.15, 0.2) is 47.5 Å². The number of carbonyl (C=O) groups excluding carboxylic acids is 1. The first kappa shape index (κ1) is 12.4. The molecule has 1 amide bonds. The Morgan fingerprint density at radius 2 is 2.15 bits per heavy atom. The third kappa shape index (κ3) is 2.54. The van der Waals surface area contributed by atoms with E-state index in [1.54, 1.807) is 17.2 Å². The third-order valence-corrected chi connectivity index (χ3v) is 3.09. The average molecular weight is 271 g/mol. The molecule has 0 saturated carbocycles. The molecule has 0 spiro atoms. The lowest BCUT2D eigenvalue weighted by molar-refractivity contribution is 0.0160. The molecule has 3 heterocycles. The number of nitrogens with zero attached hydrogens (tertiary/aromatic N) is 2. The molecule has 0 atom stereocenters. The Kier molecular flexibility index (Phi) is 3.20. The summed E-state index contributed by atoms with van der Waals surface area (Å²) in [5.74, 6) is 0.454. The average Bonchev–Trinajstić information content (AvgIpc) is 2.44. The second-order valence-electron chi connectivity index (χ2n) is 4.56. The molecular formula is C14H13N3O3. The predicted molar refractivity (Wildman–Crippen MR) is 71.6 cm³/mol. The van der Waals surface area contributed by atoms with Gasteiger partial charge in [-0.3, -0.25) is 9.59 Å². The van der Waals surface area contributed by atoms with Gasteiger partial charge in [0.2, 0.25) is 11.4 Å². The fourth-order valence-corrected chi connectivity index (χ4v) is 1.99. The Bertz CT molecular complexity index is 642. The zero-order chi connectivity index (χ0) is 13.9. The van der Waals surface area contributed by atoms with Gasteiger partial charge in [-0.1, -0.05) is 6.07 Å². The fraction of sp³-hybridized carbons (Fsp3) is 0.214. The molecule has 102 valence electrons. The van der Waals surface area contributed by atoms with Gasteiger partial charge in [-0.15, -0.1) is 0 Å². The highest BCUT2D eigenvalue weighted by Gasteiger charge is 2.33. The van der Waals surface area contributed by atoms with Crippen molar-refractivity contribution >= 4 is 5.91 Å². The first-order valence-corrected chi connectivity index (χ1v) is 6.28. The molecule has 0 aliphatic carbocycles. The van der Waals surface area contributed by atoms with Gasteiger partial charge in [0, 0.05) is 24.5 Å². The Morgan fingerprint density at radius 3 is 2.80 bits per heavy atom. The zero-order valence-corrected chi connectivity index (χ0v) is 10.7. The molecule has 1 N–H and O–H groups in total. The number of aromatic amines is 1. The van der Waals surface area contributed by atoms with E-state index in [1.165, 1.54) is 18.3 Å². The summed E-state index contributed by atoms with van der Waals surface area (Å²) in [6.45, 7) is 1.04. The molecule has 1 saturated heterocycles. The molecule has 0 radical (unpaired) electrons. The lowest BCUT2D eigenvalue weighted by atomic mass is 10.1. The number of amides is 1. The molecule has 0 aromatic carbocycles. The third-order valence-electron chi connectivity index (χ3n) is 3.09. The molecule has 6 nitrogen and oxygen atoms in total. The van der Waals surface area contributed by atoms with Crippen LogP contribution in [0.4, 0.5) is 0 Å². The summed E-state index contributed by atoms with van der Waals surface area (Å²) in [5, 5.41) is 0. The minimum absolute atomic E-state index is 0.0309. The van der Waals surface area contributed by atoms with Crippen LogP contribution in [0.3, 0.4) is 0 Å². The Balaban J connectivity index is 1.56. The van der Waals surface area contributed by atoms with Crippen LogP contribution in [0.5, 0.6) is 5.88 Å². The molecule has 2 aromatic heterocycles. The molecule has 2 aromatic rings. The van der Waals surface area contributed by atoms with Crippen molar-refractivity contribution in [2.24, 2.45) is 0 Å². The van der Waals surface area contributed by atoms with Crippen LogP contribution in [0.1, 0.15) is 10.4 Å². The molecular weight excluding hydrogens is 258 g/mol. The van der Waals surface area contributed by atoms with Gasteiger partial charge in [0.05, 0.1) is 18.7 Å². The van der Waals surface area contributed by atoms with E-state index in [1.807, 2.05) is 12.1 Å². The number of pyridine rings is 2. The number of hydrogen-bond donors (Lipinski definition) is 1. The molecule has 0 unspecified atom stereocenters. The normalized spacial score (nSPS) is 14.7. The Hall–Kier alpha value is -2.63. The maximum absolute atomic E-state index is 12.1. The maximum atomic E-state index is 12.1. The highest BCUT2D eigenvalue weighted by molar-refractivity contribution is 5.94. The summed E-state index contributed by atoms with van der Waals surface area (Å²) in [4.78, 5) is 31.2. The van der Waals surface area contributed by atoms with E-state index >= 15 is 0 Å². The Labute approximate surface area is 115 Å². The summed E-state index contributed by atoms with van der Waals surface area (Å²) >= 11 is 0. The second-order valence-corrected chi connectivity index (χ2v) is 4.56. The zero-order valence-electron chi connectivity index (χ0n) is 10.7. The smallest absolute Gasteiger partial charge is 0.255 e. The lowest BCUT2D eigenvalue weighted by Crippen LogP contribution is -2.56. The van der Waals surface area contributed by atoms with E-state index in [9.17, 15) is 9.59 Å². The summed E-state index contributed by atoms with van der Waals surface area (Å²) < 4.78 is 5.62. The summed E-state index contributed by atoms with van der Waals surface area (Å²) in [6.07, 6.45) is 3.06. The Morgan fingerprint density at radius 1 is 1.30 bits per heavy atom. The van der Waals surface area contributed by atoms with Gasteiger partial charge in [0.25, 0.3) is 5.91 Å². The van der Waals surface area contributed by atoms with Crippen molar-refractivity contribution in [1.29, 1.82) is 0 Å². The molecule has 20 heavy (non-hydrogen) atoms.